The third kappa shape index (κ3) is 3.34. The minimum atomic E-state index is -0.443. The van der Waals surface area contributed by atoms with Gasteiger partial charge in [0.15, 0.2) is 11.6 Å². The molecule has 1 aliphatic rings. The highest BCUT2D eigenvalue weighted by Crippen LogP contribution is 2.34. The lowest BCUT2D eigenvalue weighted by Gasteiger charge is -2.23. The Kier molecular flexibility index (Phi) is 4.79. The molecule has 29 heavy (non-hydrogen) atoms. The van der Waals surface area contributed by atoms with Gasteiger partial charge in [0, 0.05) is 28.9 Å². The highest BCUT2D eigenvalue weighted by molar-refractivity contribution is 6.31. The second-order valence-electron chi connectivity index (χ2n) is 6.64. The number of carbonyl (C=O) groups excluding carboxylic acids is 3. The number of anilines is 2. The van der Waals surface area contributed by atoms with Crippen molar-refractivity contribution in [3.05, 3.63) is 107 Å². The number of fused-ring (bicyclic) bond motifs is 2. The molecular weight excluding hydrogens is 364 g/mol. The van der Waals surface area contributed by atoms with Crippen molar-refractivity contribution in [2.24, 2.45) is 0 Å². The van der Waals surface area contributed by atoms with Crippen LogP contribution in [-0.2, 0) is 11.3 Å². The fourth-order valence-electron chi connectivity index (χ4n) is 3.48. The van der Waals surface area contributed by atoms with Crippen LogP contribution in [0.15, 0.2) is 79.4 Å². The van der Waals surface area contributed by atoms with E-state index in [1.807, 2.05) is 30.3 Å². The van der Waals surface area contributed by atoms with Gasteiger partial charge in [-0.1, -0.05) is 55.1 Å². The van der Waals surface area contributed by atoms with Gasteiger partial charge in [-0.2, -0.15) is 0 Å². The van der Waals surface area contributed by atoms with E-state index < -0.39 is 5.91 Å². The normalized spacial score (nSPS) is 12.0. The van der Waals surface area contributed by atoms with E-state index in [1.165, 1.54) is 0 Å². The van der Waals surface area contributed by atoms with Crippen molar-refractivity contribution >= 4 is 28.8 Å². The van der Waals surface area contributed by atoms with Crippen molar-refractivity contribution in [3.63, 3.8) is 0 Å². The largest absolute Gasteiger partial charge is 0.381 e. The minimum Gasteiger partial charge on any atom is -0.381 e. The van der Waals surface area contributed by atoms with E-state index in [1.54, 1.807) is 36.4 Å². The summed E-state index contributed by atoms with van der Waals surface area (Å²) in [5.74, 6) is -0.952. The van der Waals surface area contributed by atoms with E-state index in [-0.39, 0.29) is 17.1 Å². The lowest BCUT2D eigenvalue weighted by molar-refractivity contribution is -0.111. The van der Waals surface area contributed by atoms with Crippen molar-refractivity contribution in [3.8, 4) is 0 Å². The molecule has 0 spiro atoms. The maximum Gasteiger partial charge on any atom is 0.247 e. The second-order valence-corrected chi connectivity index (χ2v) is 6.64. The SMILES string of the molecule is C=CC(=O)Nc1ccc(CNc2ccccc2)c2c1C(=O)c1ccccc1C2=O. The van der Waals surface area contributed by atoms with Gasteiger partial charge < -0.3 is 10.6 Å². The van der Waals surface area contributed by atoms with Gasteiger partial charge >= 0.3 is 0 Å². The summed E-state index contributed by atoms with van der Waals surface area (Å²) in [6, 6.07) is 19.7. The summed E-state index contributed by atoms with van der Waals surface area (Å²) in [7, 11) is 0. The van der Waals surface area contributed by atoms with Crippen LogP contribution in [0.2, 0.25) is 0 Å². The molecule has 3 aromatic carbocycles. The Bertz CT molecular complexity index is 1150. The summed E-state index contributed by atoms with van der Waals surface area (Å²) >= 11 is 0. The average molecular weight is 382 g/mol. The number of carbonyl (C=O) groups is 3. The molecule has 5 nitrogen and oxygen atoms in total. The average Bonchev–Trinajstić information content (AvgIpc) is 2.77. The van der Waals surface area contributed by atoms with Crippen LogP contribution in [0.25, 0.3) is 0 Å². The van der Waals surface area contributed by atoms with E-state index in [2.05, 4.69) is 17.2 Å². The van der Waals surface area contributed by atoms with Crippen LogP contribution >= 0.6 is 0 Å². The third-order valence-corrected chi connectivity index (χ3v) is 4.86. The molecule has 4 rings (SSSR count). The molecule has 1 aliphatic carbocycles. The van der Waals surface area contributed by atoms with Gasteiger partial charge in [0.2, 0.25) is 5.91 Å². The lowest BCUT2D eigenvalue weighted by atomic mass is 9.81. The molecule has 0 aliphatic heterocycles. The van der Waals surface area contributed by atoms with Gasteiger partial charge in [0.05, 0.1) is 11.3 Å². The molecule has 0 saturated carbocycles. The van der Waals surface area contributed by atoms with Crippen molar-refractivity contribution in [2.75, 3.05) is 10.6 Å². The molecule has 0 atom stereocenters. The number of ketones is 2. The Balaban J connectivity index is 1.82. The molecule has 142 valence electrons. The molecular formula is C24H18N2O3. The molecule has 0 heterocycles. The number of hydrogen-bond donors (Lipinski definition) is 2. The van der Waals surface area contributed by atoms with E-state index in [4.69, 9.17) is 0 Å². The Morgan fingerprint density at radius 1 is 0.828 bits per heavy atom. The summed E-state index contributed by atoms with van der Waals surface area (Å²) < 4.78 is 0. The molecule has 0 bridgehead atoms. The fourth-order valence-corrected chi connectivity index (χ4v) is 3.48. The molecule has 1 amide bonds. The van der Waals surface area contributed by atoms with E-state index in [0.717, 1.165) is 11.8 Å². The Hall–Kier alpha value is -3.99. The van der Waals surface area contributed by atoms with Crippen LogP contribution in [0.3, 0.4) is 0 Å². The number of nitrogens with one attached hydrogen (secondary N) is 2. The number of hydrogen-bond acceptors (Lipinski definition) is 4. The van der Waals surface area contributed by atoms with Crippen molar-refractivity contribution < 1.29 is 14.4 Å². The van der Waals surface area contributed by atoms with Gasteiger partial charge in [-0.3, -0.25) is 14.4 Å². The third-order valence-electron chi connectivity index (χ3n) is 4.86. The highest BCUT2D eigenvalue weighted by atomic mass is 16.2. The molecule has 2 N–H and O–H groups in total. The highest BCUT2D eigenvalue weighted by Gasteiger charge is 2.33. The first-order valence-electron chi connectivity index (χ1n) is 9.17. The number of amides is 1. The fraction of sp³-hybridized carbons (Fsp3) is 0.0417. The van der Waals surface area contributed by atoms with E-state index >= 15 is 0 Å². The number of para-hydroxylation sites is 1. The summed E-state index contributed by atoms with van der Waals surface area (Å²) in [5, 5.41) is 5.93. The monoisotopic (exact) mass is 382 g/mol. The van der Waals surface area contributed by atoms with Gasteiger partial charge in [-0.15, -0.1) is 0 Å². The van der Waals surface area contributed by atoms with Gasteiger partial charge in [-0.05, 0) is 29.8 Å². The summed E-state index contributed by atoms with van der Waals surface area (Å²) in [4.78, 5) is 38.4. The lowest BCUT2D eigenvalue weighted by Crippen LogP contribution is -2.25. The predicted octanol–water partition coefficient (Wildman–Crippen LogP) is 4.20. The zero-order chi connectivity index (χ0) is 20.4. The van der Waals surface area contributed by atoms with Gasteiger partial charge in [0.25, 0.3) is 0 Å². The van der Waals surface area contributed by atoms with Crippen molar-refractivity contribution in [2.45, 2.75) is 6.54 Å². The van der Waals surface area contributed by atoms with Gasteiger partial charge in [-0.25, -0.2) is 0 Å². The zero-order valence-electron chi connectivity index (χ0n) is 15.6. The Morgan fingerprint density at radius 3 is 2.10 bits per heavy atom. The quantitative estimate of drug-likeness (QED) is 0.507. The van der Waals surface area contributed by atoms with E-state index in [0.29, 0.717) is 34.5 Å². The molecule has 0 aromatic heterocycles. The molecule has 0 unspecified atom stereocenters. The molecule has 3 aromatic rings. The maximum absolute atomic E-state index is 13.3. The first kappa shape index (κ1) is 18.4. The number of rotatable bonds is 5. The molecule has 0 fully saturated rings. The maximum atomic E-state index is 13.3. The predicted molar refractivity (Wildman–Crippen MR) is 112 cm³/mol. The van der Waals surface area contributed by atoms with Crippen LogP contribution in [0.1, 0.15) is 37.4 Å². The Morgan fingerprint density at radius 2 is 1.45 bits per heavy atom. The van der Waals surface area contributed by atoms with Crippen LogP contribution in [-0.4, -0.2) is 17.5 Å². The first-order valence-corrected chi connectivity index (χ1v) is 9.17. The summed E-state index contributed by atoms with van der Waals surface area (Å²) in [5.41, 5.74) is 3.15. The zero-order valence-corrected chi connectivity index (χ0v) is 15.6. The van der Waals surface area contributed by atoms with Crippen LogP contribution < -0.4 is 10.6 Å². The topological polar surface area (TPSA) is 75.3 Å². The van der Waals surface area contributed by atoms with Crippen LogP contribution in [0, 0.1) is 0 Å². The summed E-state index contributed by atoms with van der Waals surface area (Å²) in [6.45, 7) is 3.81. The minimum absolute atomic E-state index is 0.219. The second kappa shape index (κ2) is 7.56. The van der Waals surface area contributed by atoms with Crippen LogP contribution in [0.5, 0.6) is 0 Å². The van der Waals surface area contributed by atoms with Gasteiger partial charge in [0.1, 0.15) is 0 Å². The first-order chi connectivity index (χ1) is 14.1. The summed E-state index contributed by atoms with van der Waals surface area (Å²) in [6.07, 6.45) is 1.13. The standard InChI is InChI=1S/C24H18N2O3/c1-2-20(27)26-19-13-12-15(14-25-16-8-4-3-5-9-16)21-22(19)24(29)18-11-7-6-10-17(18)23(21)28/h2-13,25H,1,14H2,(H,26,27). The van der Waals surface area contributed by atoms with Crippen molar-refractivity contribution in [1.82, 2.24) is 0 Å². The number of benzene rings is 3. The molecule has 0 saturated heterocycles. The molecule has 5 heteroatoms. The van der Waals surface area contributed by atoms with Crippen LogP contribution in [0.4, 0.5) is 11.4 Å². The van der Waals surface area contributed by atoms with E-state index in [9.17, 15) is 14.4 Å². The van der Waals surface area contributed by atoms with Crippen molar-refractivity contribution in [1.29, 1.82) is 0 Å². The molecule has 0 radical (unpaired) electrons. The smallest absolute Gasteiger partial charge is 0.247 e. The Labute approximate surface area is 168 Å².